The van der Waals surface area contributed by atoms with E-state index in [2.05, 4.69) is 5.16 Å². The number of nitrogens with zero attached hydrogens (tertiary/aromatic N) is 1. The number of hydrogen-bond acceptors (Lipinski definition) is 3. The number of nitrogens with two attached hydrogens (primary N) is 1. The highest BCUT2D eigenvalue weighted by Gasteiger charge is 2.11. The first-order valence-electron chi connectivity index (χ1n) is 6.04. The lowest BCUT2D eigenvalue weighted by atomic mass is 10.1. The average molecular weight is 291 g/mol. The zero-order chi connectivity index (χ0) is 14.7. The van der Waals surface area contributed by atoms with Crippen molar-refractivity contribution in [1.82, 2.24) is 0 Å². The molecule has 0 unspecified atom stereocenters. The molecule has 0 atom stereocenters. The Morgan fingerprint density at radius 2 is 1.75 bits per heavy atom. The average Bonchev–Trinajstić information content (AvgIpc) is 2.43. The molecule has 3 N–H and O–H groups in total. The summed E-state index contributed by atoms with van der Waals surface area (Å²) in [6.07, 6.45) is 0. The molecule has 0 aromatic heterocycles. The Balaban J connectivity index is 2.46. The molecule has 2 aromatic rings. The first-order valence-corrected chi connectivity index (χ1v) is 6.41. The molecule has 0 saturated heterocycles. The van der Waals surface area contributed by atoms with E-state index < -0.39 is 0 Å². The van der Waals surface area contributed by atoms with Crippen LogP contribution in [-0.2, 0) is 0 Å². The fraction of sp³-hybridized carbons (Fsp3) is 0.133. The minimum absolute atomic E-state index is 0.00697. The molecule has 0 saturated carbocycles. The molecule has 2 rings (SSSR count). The van der Waals surface area contributed by atoms with Gasteiger partial charge in [0.05, 0.1) is 10.6 Å². The van der Waals surface area contributed by atoms with Gasteiger partial charge in [-0.3, -0.25) is 0 Å². The molecule has 0 fully saturated rings. The van der Waals surface area contributed by atoms with Crippen molar-refractivity contribution < 1.29 is 9.94 Å². The third-order valence-electron chi connectivity index (χ3n) is 2.83. The summed E-state index contributed by atoms with van der Waals surface area (Å²) < 4.78 is 5.80. The maximum atomic E-state index is 8.85. The summed E-state index contributed by atoms with van der Waals surface area (Å²) in [6.45, 7) is 3.86. The molecule has 0 radical (unpaired) electrons. The molecule has 0 aliphatic heterocycles. The van der Waals surface area contributed by atoms with Crippen molar-refractivity contribution >= 4 is 17.4 Å². The maximum absolute atomic E-state index is 8.85. The van der Waals surface area contributed by atoms with Gasteiger partial charge < -0.3 is 15.7 Å². The number of ether oxygens (including phenoxy) is 1. The molecule has 0 spiro atoms. The van der Waals surface area contributed by atoms with Gasteiger partial charge in [0.25, 0.3) is 0 Å². The lowest BCUT2D eigenvalue weighted by Crippen LogP contribution is -2.14. The molecule has 0 amide bonds. The van der Waals surface area contributed by atoms with Crippen molar-refractivity contribution in [2.45, 2.75) is 13.8 Å². The number of amidine groups is 1. The molecule has 0 aliphatic rings. The SMILES string of the molecule is Cc1ccc(Cl)c(Oc2ccc(C)cc2/C(N)=N/O)c1. The van der Waals surface area contributed by atoms with Gasteiger partial charge in [0, 0.05) is 0 Å². The highest BCUT2D eigenvalue weighted by molar-refractivity contribution is 6.32. The van der Waals surface area contributed by atoms with E-state index in [1.807, 2.05) is 32.0 Å². The van der Waals surface area contributed by atoms with Gasteiger partial charge in [-0.1, -0.05) is 34.5 Å². The van der Waals surface area contributed by atoms with Crippen molar-refractivity contribution in [3.8, 4) is 11.5 Å². The highest BCUT2D eigenvalue weighted by atomic mass is 35.5. The minimum atomic E-state index is -0.00697. The molecule has 0 bridgehead atoms. The zero-order valence-electron chi connectivity index (χ0n) is 11.2. The molecule has 0 heterocycles. The van der Waals surface area contributed by atoms with Gasteiger partial charge in [-0.15, -0.1) is 0 Å². The topological polar surface area (TPSA) is 67.8 Å². The molecule has 4 nitrogen and oxygen atoms in total. The molecule has 2 aromatic carbocycles. The molecule has 5 heteroatoms. The van der Waals surface area contributed by atoms with Crippen LogP contribution in [0.2, 0.25) is 5.02 Å². The molecule has 20 heavy (non-hydrogen) atoms. The van der Waals surface area contributed by atoms with Crippen LogP contribution in [0.15, 0.2) is 41.6 Å². The predicted octanol–water partition coefficient (Wildman–Crippen LogP) is 3.84. The first kappa shape index (κ1) is 14.2. The van der Waals surface area contributed by atoms with Gasteiger partial charge in [0.1, 0.15) is 11.5 Å². The van der Waals surface area contributed by atoms with Crippen molar-refractivity contribution in [1.29, 1.82) is 0 Å². The molecular weight excluding hydrogens is 276 g/mol. The second-order valence-corrected chi connectivity index (χ2v) is 4.93. The van der Waals surface area contributed by atoms with E-state index >= 15 is 0 Å². The Bertz CT molecular complexity index is 669. The number of benzene rings is 2. The van der Waals surface area contributed by atoms with Crippen LogP contribution in [0.25, 0.3) is 0 Å². The third-order valence-corrected chi connectivity index (χ3v) is 3.14. The van der Waals surface area contributed by atoms with E-state index in [0.29, 0.717) is 22.1 Å². The summed E-state index contributed by atoms with van der Waals surface area (Å²) in [5.41, 5.74) is 8.20. The van der Waals surface area contributed by atoms with Gasteiger partial charge in [-0.25, -0.2) is 0 Å². The van der Waals surface area contributed by atoms with Crippen molar-refractivity contribution in [3.63, 3.8) is 0 Å². The van der Waals surface area contributed by atoms with E-state index in [1.54, 1.807) is 18.2 Å². The minimum Gasteiger partial charge on any atom is -0.455 e. The quantitative estimate of drug-likeness (QED) is 0.390. The van der Waals surface area contributed by atoms with Crippen molar-refractivity contribution in [2.24, 2.45) is 10.9 Å². The maximum Gasteiger partial charge on any atom is 0.173 e. The number of halogens is 1. The zero-order valence-corrected chi connectivity index (χ0v) is 12.0. The third kappa shape index (κ3) is 3.03. The molecule has 0 aliphatic carbocycles. The summed E-state index contributed by atoms with van der Waals surface area (Å²) in [7, 11) is 0. The van der Waals surface area contributed by atoms with Crippen molar-refractivity contribution in [2.75, 3.05) is 0 Å². The standard InChI is InChI=1S/C15H15ClN2O2/c1-9-4-6-13(11(7-9)15(17)18-19)20-14-8-10(2)3-5-12(14)16/h3-8,19H,1-2H3,(H2,17,18). The van der Waals surface area contributed by atoms with Crippen molar-refractivity contribution in [3.05, 3.63) is 58.1 Å². The van der Waals surface area contributed by atoms with Crippen LogP contribution in [0.3, 0.4) is 0 Å². The Labute approximate surface area is 122 Å². The second-order valence-electron chi connectivity index (χ2n) is 4.52. The van der Waals surface area contributed by atoms with E-state index in [9.17, 15) is 0 Å². The number of rotatable bonds is 3. The fourth-order valence-corrected chi connectivity index (χ4v) is 1.95. The summed E-state index contributed by atoms with van der Waals surface area (Å²) >= 11 is 6.11. The lowest BCUT2D eigenvalue weighted by molar-refractivity contribution is 0.318. The van der Waals surface area contributed by atoms with Gasteiger partial charge in [-0.2, -0.15) is 0 Å². The summed E-state index contributed by atoms with van der Waals surface area (Å²) in [6, 6.07) is 10.9. The number of aryl methyl sites for hydroxylation is 2. The van der Waals surface area contributed by atoms with Crippen LogP contribution in [-0.4, -0.2) is 11.0 Å². The summed E-state index contributed by atoms with van der Waals surface area (Å²) in [5.74, 6) is 1.01. The van der Waals surface area contributed by atoms with E-state index in [-0.39, 0.29) is 5.84 Å². The Hall–Kier alpha value is -2.20. The predicted molar refractivity (Wildman–Crippen MR) is 80.0 cm³/mol. The normalized spacial score (nSPS) is 11.4. The molecule has 104 valence electrons. The van der Waals surface area contributed by atoms with Crippen LogP contribution in [0, 0.1) is 13.8 Å². The number of oxime groups is 1. The van der Waals surface area contributed by atoms with E-state index in [1.165, 1.54) is 0 Å². The van der Waals surface area contributed by atoms with Crippen LogP contribution < -0.4 is 10.5 Å². The number of hydrogen-bond donors (Lipinski definition) is 2. The van der Waals surface area contributed by atoms with Crippen LogP contribution >= 0.6 is 11.6 Å². The Morgan fingerprint density at radius 3 is 2.45 bits per heavy atom. The van der Waals surface area contributed by atoms with Crippen LogP contribution in [0.1, 0.15) is 16.7 Å². The van der Waals surface area contributed by atoms with Gasteiger partial charge in [0.15, 0.2) is 5.84 Å². The Kier molecular flexibility index (Phi) is 4.15. The fourth-order valence-electron chi connectivity index (χ4n) is 1.79. The molecular formula is C15H15ClN2O2. The van der Waals surface area contributed by atoms with Crippen LogP contribution in [0.5, 0.6) is 11.5 Å². The largest absolute Gasteiger partial charge is 0.455 e. The first-order chi connectivity index (χ1) is 9.51. The van der Waals surface area contributed by atoms with Crippen LogP contribution in [0.4, 0.5) is 0 Å². The smallest absolute Gasteiger partial charge is 0.173 e. The van der Waals surface area contributed by atoms with E-state index in [0.717, 1.165) is 11.1 Å². The highest BCUT2D eigenvalue weighted by Crippen LogP contribution is 2.32. The lowest BCUT2D eigenvalue weighted by Gasteiger charge is -2.12. The van der Waals surface area contributed by atoms with Gasteiger partial charge in [0.2, 0.25) is 0 Å². The van der Waals surface area contributed by atoms with Gasteiger partial charge >= 0.3 is 0 Å². The van der Waals surface area contributed by atoms with E-state index in [4.69, 9.17) is 27.3 Å². The summed E-state index contributed by atoms with van der Waals surface area (Å²) in [4.78, 5) is 0. The van der Waals surface area contributed by atoms with Gasteiger partial charge in [-0.05, 0) is 43.7 Å². The monoisotopic (exact) mass is 290 g/mol. The summed E-state index contributed by atoms with van der Waals surface area (Å²) in [5, 5.41) is 12.4. The Morgan fingerprint density at radius 1 is 1.10 bits per heavy atom. The second kappa shape index (κ2) is 5.84.